The molecule has 0 fully saturated rings. The third-order valence-corrected chi connectivity index (χ3v) is 4.48. The van der Waals surface area contributed by atoms with Crippen LogP contribution < -0.4 is 16.2 Å². The third kappa shape index (κ3) is 4.17. The molecule has 0 aliphatic heterocycles. The number of nitrogens with two attached hydrogens (primary N) is 1. The van der Waals surface area contributed by atoms with Gasteiger partial charge in [0, 0.05) is 25.8 Å². The van der Waals surface area contributed by atoms with E-state index >= 15 is 0 Å². The first-order valence-corrected chi connectivity index (χ1v) is 8.90. The Morgan fingerprint density at radius 2 is 1.42 bits per heavy atom. The van der Waals surface area contributed by atoms with Crippen molar-refractivity contribution in [1.82, 2.24) is 9.36 Å². The molecule has 0 amide bonds. The number of nitrogen functional groups attached to an aromatic ring is 1. The minimum absolute atomic E-state index is 0.166. The van der Waals surface area contributed by atoms with Gasteiger partial charge in [-0.25, -0.2) is 4.68 Å². The van der Waals surface area contributed by atoms with E-state index in [1.54, 1.807) is 9.36 Å². The second-order valence-corrected chi connectivity index (χ2v) is 5.98. The van der Waals surface area contributed by atoms with E-state index in [1.165, 1.54) is 5.69 Å². The van der Waals surface area contributed by atoms with Crippen LogP contribution in [0.5, 0.6) is 0 Å². The quantitative estimate of drug-likeness (QED) is 0.780. The fraction of sp³-hybridized carbons (Fsp3) is 0.286. The van der Waals surface area contributed by atoms with Crippen molar-refractivity contribution in [1.29, 1.82) is 0 Å². The first kappa shape index (κ1) is 19.4. The minimum atomic E-state index is -0.166. The van der Waals surface area contributed by atoms with E-state index in [0.29, 0.717) is 5.69 Å². The summed E-state index contributed by atoms with van der Waals surface area (Å²) in [6, 6.07) is 19.9. The molecule has 5 heteroatoms. The van der Waals surface area contributed by atoms with Gasteiger partial charge in [-0.05, 0) is 45.0 Å². The van der Waals surface area contributed by atoms with Crippen molar-refractivity contribution in [3.05, 3.63) is 76.7 Å². The zero-order valence-corrected chi connectivity index (χ0v) is 16.0. The highest BCUT2D eigenvalue weighted by Crippen LogP contribution is 2.11. The van der Waals surface area contributed by atoms with E-state index in [-0.39, 0.29) is 5.56 Å². The lowest BCUT2D eigenvalue weighted by Gasteiger charge is -2.20. The summed E-state index contributed by atoms with van der Waals surface area (Å²) < 4.78 is 3.32. The Morgan fingerprint density at radius 3 is 1.85 bits per heavy atom. The molecule has 2 N–H and O–H groups in total. The van der Waals surface area contributed by atoms with Gasteiger partial charge in [0.15, 0.2) is 0 Å². The summed E-state index contributed by atoms with van der Waals surface area (Å²) in [4.78, 5) is 14.2. The van der Waals surface area contributed by atoms with Crippen LogP contribution in [0, 0.1) is 6.92 Å². The van der Waals surface area contributed by atoms with Gasteiger partial charge in [0.05, 0.1) is 11.4 Å². The van der Waals surface area contributed by atoms with Gasteiger partial charge in [-0.2, -0.15) is 0 Å². The number of nitrogens with zero attached hydrogens (tertiary/aromatic N) is 3. The first-order valence-electron chi connectivity index (χ1n) is 8.90. The number of hydrogen-bond donors (Lipinski definition) is 1. The number of aromatic nitrogens is 2. The Kier molecular flexibility index (Phi) is 6.67. The van der Waals surface area contributed by atoms with E-state index in [1.807, 2.05) is 50.4 Å². The molecule has 5 nitrogen and oxygen atoms in total. The number of rotatable bonds is 4. The fourth-order valence-electron chi connectivity index (χ4n) is 2.82. The van der Waals surface area contributed by atoms with Crippen molar-refractivity contribution in [2.45, 2.75) is 20.8 Å². The Balaban J connectivity index is 0.000000197. The molecular formula is C21H28N4O. The highest BCUT2D eigenvalue weighted by atomic mass is 16.1. The predicted octanol–water partition coefficient (Wildman–Crippen LogP) is 3.60. The molecule has 0 atom stereocenters. The molecule has 0 unspecified atom stereocenters. The van der Waals surface area contributed by atoms with Gasteiger partial charge in [-0.3, -0.25) is 9.48 Å². The number of benzene rings is 2. The zero-order chi connectivity index (χ0) is 19.1. The average molecular weight is 352 g/mol. The lowest BCUT2D eigenvalue weighted by molar-refractivity contribution is 0.630. The maximum Gasteiger partial charge on any atom is 0.294 e. The van der Waals surface area contributed by atoms with Gasteiger partial charge in [0.1, 0.15) is 5.69 Å². The summed E-state index contributed by atoms with van der Waals surface area (Å²) in [5, 5.41) is 0. The van der Waals surface area contributed by atoms with Gasteiger partial charge in [-0.1, -0.05) is 36.4 Å². The summed E-state index contributed by atoms with van der Waals surface area (Å²) in [5.41, 5.74) is 8.75. The highest BCUT2D eigenvalue weighted by molar-refractivity contribution is 5.45. The van der Waals surface area contributed by atoms with Crippen LogP contribution in [-0.4, -0.2) is 22.5 Å². The Morgan fingerprint density at radius 1 is 0.923 bits per heavy atom. The van der Waals surface area contributed by atoms with Crippen LogP contribution in [-0.2, 0) is 7.05 Å². The summed E-state index contributed by atoms with van der Waals surface area (Å²) in [5.74, 6) is 0. The van der Waals surface area contributed by atoms with E-state index in [2.05, 4.69) is 43.0 Å². The molecule has 3 rings (SSSR count). The molecule has 0 aliphatic carbocycles. The molecule has 0 bridgehead atoms. The van der Waals surface area contributed by atoms with Crippen LogP contribution in [0.25, 0.3) is 5.69 Å². The van der Waals surface area contributed by atoms with E-state index in [0.717, 1.165) is 24.5 Å². The molecule has 1 aromatic heterocycles. The zero-order valence-electron chi connectivity index (χ0n) is 16.0. The smallest absolute Gasteiger partial charge is 0.294 e. The monoisotopic (exact) mass is 352 g/mol. The maximum absolute atomic E-state index is 11.8. The van der Waals surface area contributed by atoms with Crippen molar-refractivity contribution in [3.8, 4) is 5.69 Å². The second-order valence-electron chi connectivity index (χ2n) is 5.98. The molecule has 0 saturated heterocycles. The van der Waals surface area contributed by atoms with E-state index in [4.69, 9.17) is 5.73 Å². The molecule has 0 aliphatic rings. The normalized spacial score (nSPS) is 10.2. The number of anilines is 2. The lowest BCUT2D eigenvalue weighted by atomic mass is 10.3. The van der Waals surface area contributed by atoms with E-state index in [9.17, 15) is 4.79 Å². The van der Waals surface area contributed by atoms with Crippen LogP contribution in [0.4, 0.5) is 11.4 Å². The number of hydrogen-bond acceptors (Lipinski definition) is 3. The third-order valence-electron chi connectivity index (χ3n) is 4.48. The summed E-state index contributed by atoms with van der Waals surface area (Å²) >= 11 is 0. The van der Waals surface area contributed by atoms with Gasteiger partial charge < -0.3 is 10.6 Å². The van der Waals surface area contributed by atoms with Crippen molar-refractivity contribution in [2.24, 2.45) is 7.05 Å². The number of para-hydroxylation sites is 2. The van der Waals surface area contributed by atoms with Gasteiger partial charge in [-0.15, -0.1) is 0 Å². The van der Waals surface area contributed by atoms with Gasteiger partial charge in [0.2, 0.25) is 0 Å². The van der Waals surface area contributed by atoms with Gasteiger partial charge >= 0.3 is 0 Å². The molecule has 2 aromatic carbocycles. The highest BCUT2D eigenvalue weighted by Gasteiger charge is 2.12. The molecule has 0 radical (unpaired) electrons. The van der Waals surface area contributed by atoms with E-state index < -0.39 is 0 Å². The molecule has 0 spiro atoms. The van der Waals surface area contributed by atoms with Gasteiger partial charge in [0.25, 0.3) is 5.56 Å². The summed E-state index contributed by atoms with van der Waals surface area (Å²) in [7, 11) is 1.82. The molecule has 0 saturated carbocycles. The van der Waals surface area contributed by atoms with Crippen molar-refractivity contribution >= 4 is 11.4 Å². The Labute approximate surface area is 155 Å². The standard InChI is InChI=1S/C11H13N3O.C10H15N/c1-8-10(12)11(15)14(13(8)2)9-6-4-3-5-7-9;1-3-11(4-2)10-8-6-5-7-9-10/h3-7H,12H2,1-2H3;5-9H,3-4H2,1-2H3. The molecule has 26 heavy (non-hydrogen) atoms. The SMILES string of the molecule is CCN(CC)c1ccccc1.Cc1c(N)c(=O)n(-c2ccccc2)n1C. The predicted molar refractivity (Wildman–Crippen MR) is 110 cm³/mol. The molecule has 3 aromatic rings. The van der Waals surface area contributed by atoms with Crippen LogP contribution in [0.2, 0.25) is 0 Å². The van der Waals surface area contributed by atoms with Crippen molar-refractivity contribution in [3.63, 3.8) is 0 Å². The maximum atomic E-state index is 11.8. The van der Waals surface area contributed by atoms with Crippen LogP contribution in [0.15, 0.2) is 65.5 Å². The topological polar surface area (TPSA) is 56.2 Å². The minimum Gasteiger partial charge on any atom is -0.393 e. The molecule has 138 valence electrons. The first-order chi connectivity index (χ1) is 12.5. The Hall–Kier alpha value is -2.95. The molecular weight excluding hydrogens is 324 g/mol. The van der Waals surface area contributed by atoms with Crippen molar-refractivity contribution in [2.75, 3.05) is 23.7 Å². The lowest BCUT2D eigenvalue weighted by Crippen LogP contribution is -2.21. The fourth-order valence-corrected chi connectivity index (χ4v) is 2.82. The largest absolute Gasteiger partial charge is 0.393 e. The van der Waals surface area contributed by atoms with Crippen molar-refractivity contribution < 1.29 is 0 Å². The summed E-state index contributed by atoms with van der Waals surface area (Å²) in [6.45, 7) is 8.35. The average Bonchev–Trinajstić information content (AvgIpc) is 2.88. The summed E-state index contributed by atoms with van der Waals surface area (Å²) in [6.07, 6.45) is 0. The van der Waals surface area contributed by atoms with Crippen LogP contribution >= 0.6 is 0 Å². The van der Waals surface area contributed by atoms with Crippen LogP contribution in [0.3, 0.4) is 0 Å². The molecule has 1 heterocycles. The Bertz CT molecular complexity index is 862. The van der Waals surface area contributed by atoms with Crippen LogP contribution in [0.1, 0.15) is 19.5 Å². The second kappa shape index (κ2) is 8.94.